The molecule has 0 spiro atoms. The number of carbonyl (C=O) groups is 2. The molecule has 0 bridgehead atoms. The van der Waals surface area contributed by atoms with Crippen LogP contribution in [0.1, 0.15) is 33.1 Å². The average Bonchev–Trinajstić information content (AvgIpc) is 2.46. The fraction of sp³-hybridized carbons (Fsp3) is 0.667. The van der Waals surface area contributed by atoms with E-state index in [2.05, 4.69) is 0 Å². The highest BCUT2D eigenvalue weighted by Crippen LogP contribution is 2.25. The van der Waals surface area contributed by atoms with Crippen molar-refractivity contribution in [2.75, 3.05) is 0 Å². The van der Waals surface area contributed by atoms with Crippen LogP contribution in [0.5, 0.6) is 0 Å². The Morgan fingerprint density at radius 3 is 2.23 bits per heavy atom. The fourth-order valence-electron chi connectivity index (χ4n) is 1.41. The second kappa shape index (κ2) is 3.17. The molecule has 1 rings (SSSR count). The zero-order chi connectivity index (χ0) is 10.1. The van der Waals surface area contributed by atoms with Gasteiger partial charge in [-0.25, -0.2) is 0 Å². The largest absolute Gasteiger partial charge is 0.274 e. The summed E-state index contributed by atoms with van der Waals surface area (Å²) in [6.07, 6.45) is 0.965. The van der Waals surface area contributed by atoms with Crippen LogP contribution in [-0.4, -0.2) is 22.3 Å². The standard InChI is InChI=1S/C9H12N2O2/c1-3-9(2,6-10)11-7(12)4-5-8(11)13/h3-5H2,1-2H3. The van der Waals surface area contributed by atoms with Crippen molar-refractivity contribution in [2.24, 2.45) is 0 Å². The Bertz CT molecular complexity index is 276. The highest BCUT2D eigenvalue weighted by molar-refractivity contribution is 6.03. The monoisotopic (exact) mass is 180 g/mol. The van der Waals surface area contributed by atoms with Gasteiger partial charge in [-0.15, -0.1) is 0 Å². The quantitative estimate of drug-likeness (QED) is 0.591. The summed E-state index contributed by atoms with van der Waals surface area (Å²) in [6.45, 7) is 3.41. The van der Waals surface area contributed by atoms with Gasteiger partial charge in [-0.2, -0.15) is 5.26 Å². The van der Waals surface area contributed by atoms with Crippen LogP contribution in [0.15, 0.2) is 0 Å². The number of carbonyl (C=O) groups excluding carboxylic acids is 2. The lowest BCUT2D eigenvalue weighted by Gasteiger charge is -2.29. The zero-order valence-corrected chi connectivity index (χ0v) is 7.83. The van der Waals surface area contributed by atoms with Gasteiger partial charge in [0.1, 0.15) is 5.54 Å². The number of hydrogen-bond donors (Lipinski definition) is 0. The predicted molar refractivity (Wildman–Crippen MR) is 45.4 cm³/mol. The first-order valence-electron chi connectivity index (χ1n) is 4.32. The molecule has 1 aliphatic rings. The molecule has 0 N–H and O–H groups in total. The summed E-state index contributed by atoms with van der Waals surface area (Å²) in [5.41, 5.74) is -0.954. The molecule has 0 saturated carbocycles. The molecule has 70 valence electrons. The van der Waals surface area contributed by atoms with E-state index in [4.69, 9.17) is 5.26 Å². The van der Waals surface area contributed by atoms with E-state index in [-0.39, 0.29) is 24.7 Å². The average molecular weight is 180 g/mol. The molecule has 0 aromatic rings. The number of rotatable bonds is 2. The van der Waals surface area contributed by atoms with Gasteiger partial charge >= 0.3 is 0 Å². The number of likely N-dealkylation sites (tertiary alicyclic amines) is 1. The fourth-order valence-corrected chi connectivity index (χ4v) is 1.41. The van der Waals surface area contributed by atoms with Gasteiger partial charge in [0.05, 0.1) is 6.07 Å². The lowest BCUT2D eigenvalue weighted by molar-refractivity contribution is -0.143. The van der Waals surface area contributed by atoms with Crippen molar-refractivity contribution >= 4 is 11.8 Å². The first-order chi connectivity index (χ1) is 6.05. The van der Waals surface area contributed by atoms with E-state index in [1.54, 1.807) is 13.8 Å². The van der Waals surface area contributed by atoms with Gasteiger partial charge in [-0.1, -0.05) is 6.92 Å². The molecule has 0 aliphatic carbocycles. The molecule has 2 amide bonds. The van der Waals surface area contributed by atoms with Crippen LogP contribution in [0.3, 0.4) is 0 Å². The third-order valence-corrected chi connectivity index (χ3v) is 2.47. The van der Waals surface area contributed by atoms with E-state index in [9.17, 15) is 9.59 Å². The van der Waals surface area contributed by atoms with Crippen LogP contribution in [0.4, 0.5) is 0 Å². The van der Waals surface area contributed by atoms with Crippen LogP contribution in [0.25, 0.3) is 0 Å². The van der Waals surface area contributed by atoms with Gasteiger partial charge in [-0.3, -0.25) is 14.5 Å². The Kier molecular flexibility index (Phi) is 2.37. The Balaban J connectivity index is 2.99. The van der Waals surface area contributed by atoms with Crippen molar-refractivity contribution in [3.05, 3.63) is 0 Å². The molecule has 4 nitrogen and oxygen atoms in total. The van der Waals surface area contributed by atoms with Crippen LogP contribution < -0.4 is 0 Å². The topological polar surface area (TPSA) is 61.2 Å². The Hall–Kier alpha value is -1.37. The SMILES string of the molecule is CCC(C)(C#N)N1C(=O)CCC1=O. The van der Waals surface area contributed by atoms with Crippen LogP contribution in [0.2, 0.25) is 0 Å². The van der Waals surface area contributed by atoms with Crippen LogP contribution in [0, 0.1) is 11.3 Å². The Morgan fingerprint density at radius 2 is 1.92 bits per heavy atom. The van der Waals surface area contributed by atoms with E-state index >= 15 is 0 Å². The molecule has 4 heteroatoms. The van der Waals surface area contributed by atoms with Crippen molar-refractivity contribution < 1.29 is 9.59 Å². The minimum absolute atomic E-state index is 0.226. The number of nitriles is 1. The highest BCUT2D eigenvalue weighted by Gasteiger charge is 2.42. The van der Waals surface area contributed by atoms with Crippen molar-refractivity contribution in [1.82, 2.24) is 4.90 Å². The molecular formula is C9H12N2O2. The number of imide groups is 1. The van der Waals surface area contributed by atoms with Crippen LogP contribution >= 0.6 is 0 Å². The number of amides is 2. The zero-order valence-electron chi connectivity index (χ0n) is 7.83. The predicted octanol–water partition coefficient (Wildman–Crippen LogP) is 0.828. The summed E-state index contributed by atoms with van der Waals surface area (Å²) in [5.74, 6) is -0.452. The maximum atomic E-state index is 11.3. The van der Waals surface area contributed by atoms with Gasteiger partial charge in [0.2, 0.25) is 11.8 Å². The van der Waals surface area contributed by atoms with Gasteiger partial charge in [0.25, 0.3) is 0 Å². The lowest BCUT2D eigenvalue weighted by atomic mass is 9.99. The van der Waals surface area contributed by atoms with E-state index in [0.717, 1.165) is 4.90 Å². The molecule has 0 aromatic heterocycles. The van der Waals surface area contributed by atoms with Crippen molar-refractivity contribution in [1.29, 1.82) is 5.26 Å². The van der Waals surface area contributed by atoms with E-state index < -0.39 is 5.54 Å². The third kappa shape index (κ3) is 1.42. The highest BCUT2D eigenvalue weighted by atomic mass is 16.2. The summed E-state index contributed by atoms with van der Waals surface area (Å²) in [6, 6.07) is 2.02. The van der Waals surface area contributed by atoms with E-state index in [1.165, 1.54) is 0 Å². The summed E-state index contributed by atoms with van der Waals surface area (Å²) in [7, 11) is 0. The minimum Gasteiger partial charge on any atom is -0.274 e. The smallest absolute Gasteiger partial charge is 0.231 e. The first kappa shape index (κ1) is 9.72. The second-order valence-corrected chi connectivity index (χ2v) is 3.36. The minimum atomic E-state index is -0.954. The lowest BCUT2D eigenvalue weighted by Crippen LogP contribution is -2.47. The summed E-state index contributed by atoms with van der Waals surface area (Å²) >= 11 is 0. The number of hydrogen-bond acceptors (Lipinski definition) is 3. The summed E-state index contributed by atoms with van der Waals surface area (Å²) in [4.78, 5) is 23.7. The van der Waals surface area contributed by atoms with E-state index in [1.807, 2.05) is 6.07 Å². The molecule has 1 fully saturated rings. The normalized spacial score (nSPS) is 21.5. The van der Waals surface area contributed by atoms with Crippen LogP contribution in [-0.2, 0) is 9.59 Å². The van der Waals surface area contributed by atoms with Crippen molar-refractivity contribution in [3.8, 4) is 6.07 Å². The Morgan fingerprint density at radius 1 is 1.46 bits per heavy atom. The molecule has 1 aliphatic heterocycles. The maximum absolute atomic E-state index is 11.3. The van der Waals surface area contributed by atoms with Crippen molar-refractivity contribution in [2.45, 2.75) is 38.6 Å². The number of nitrogens with zero attached hydrogens (tertiary/aromatic N) is 2. The molecule has 13 heavy (non-hydrogen) atoms. The first-order valence-corrected chi connectivity index (χ1v) is 4.32. The van der Waals surface area contributed by atoms with Crippen molar-refractivity contribution in [3.63, 3.8) is 0 Å². The van der Waals surface area contributed by atoms with E-state index in [0.29, 0.717) is 6.42 Å². The summed E-state index contributed by atoms with van der Waals surface area (Å²) in [5, 5.41) is 8.89. The molecule has 0 aromatic carbocycles. The second-order valence-electron chi connectivity index (χ2n) is 3.36. The third-order valence-electron chi connectivity index (χ3n) is 2.47. The molecule has 1 saturated heterocycles. The summed E-state index contributed by atoms with van der Waals surface area (Å²) < 4.78 is 0. The molecule has 1 heterocycles. The van der Waals surface area contributed by atoms with Gasteiger partial charge in [0, 0.05) is 12.8 Å². The van der Waals surface area contributed by atoms with Gasteiger partial charge < -0.3 is 0 Å². The maximum Gasteiger partial charge on any atom is 0.231 e. The molecule has 0 radical (unpaired) electrons. The van der Waals surface area contributed by atoms with Gasteiger partial charge in [0.15, 0.2) is 0 Å². The van der Waals surface area contributed by atoms with Gasteiger partial charge in [-0.05, 0) is 13.3 Å². The Labute approximate surface area is 77.1 Å². The molecule has 1 atom stereocenters. The molecule has 1 unspecified atom stereocenters. The molecular weight excluding hydrogens is 168 g/mol.